The van der Waals surface area contributed by atoms with Crippen molar-refractivity contribution in [1.29, 1.82) is 0 Å². The molecule has 1 atom stereocenters. The van der Waals surface area contributed by atoms with Crippen molar-refractivity contribution in [2.24, 2.45) is 0 Å². The molecular weight excluding hydrogens is 340 g/mol. The van der Waals surface area contributed by atoms with E-state index >= 15 is 0 Å². The van der Waals surface area contributed by atoms with Crippen molar-refractivity contribution in [3.63, 3.8) is 0 Å². The third-order valence-electron chi connectivity index (χ3n) is 4.58. The van der Waals surface area contributed by atoms with E-state index in [-0.39, 0.29) is 37.7 Å². The van der Waals surface area contributed by atoms with Crippen molar-refractivity contribution in [2.45, 2.75) is 123 Å². The number of hydrogen-bond donors (Lipinski definition) is 1. The van der Waals surface area contributed by atoms with Gasteiger partial charge in [-0.25, -0.2) is 4.79 Å². The van der Waals surface area contributed by atoms with Crippen molar-refractivity contribution in [1.82, 2.24) is 0 Å². The molecule has 3 nitrogen and oxygen atoms in total. The molecule has 0 aromatic heterocycles. The molecule has 0 saturated carbocycles. The summed E-state index contributed by atoms with van der Waals surface area (Å²) in [6, 6.07) is 0. The van der Waals surface area contributed by atoms with Gasteiger partial charge in [0.2, 0.25) is 0 Å². The van der Waals surface area contributed by atoms with Crippen LogP contribution in [0.3, 0.4) is 0 Å². The number of aliphatic hydroxyl groups excluding tert-OH is 1. The third kappa shape index (κ3) is 22.6. The zero-order valence-corrected chi connectivity index (χ0v) is 16.4. The Morgan fingerprint density at radius 3 is 1.36 bits per heavy atom. The monoisotopic (exact) mass is 384 g/mol. The van der Waals surface area contributed by atoms with Crippen LogP contribution < -0.4 is 0 Å². The van der Waals surface area contributed by atoms with E-state index in [9.17, 15) is 4.79 Å². The van der Waals surface area contributed by atoms with Gasteiger partial charge in [0.05, 0.1) is 6.61 Å². The van der Waals surface area contributed by atoms with Gasteiger partial charge in [-0.2, -0.15) is 0 Å². The fourth-order valence-electron chi connectivity index (χ4n) is 2.94. The van der Waals surface area contributed by atoms with Crippen LogP contribution >= 0.6 is 0 Å². The Balaban J connectivity index is 0. The van der Waals surface area contributed by atoms with Gasteiger partial charge in [0.25, 0.3) is 0 Å². The van der Waals surface area contributed by atoms with Gasteiger partial charge in [0.1, 0.15) is 6.10 Å². The zero-order valence-electron chi connectivity index (χ0n) is 16.4. The first-order chi connectivity index (χ1) is 11.7. The van der Waals surface area contributed by atoms with Crippen LogP contribution in [-0.2, 0) is 9.53 Å². The molecule has 0 aromatic carbocycles. The second kappa shape index (κ2) is 22.7. The molecule has 0 aliphatic carbocycles. The minimum absolute atomic E-state index is 0. The molecule has 0 saturated heterocycles. The molecule has 148 valence electrons. The molecule has 0 amide bonds. The Bertz CT molecular complexity index is 270. The molecule has 1 N–H and O–H groups in total. The predicted molar refractivity (Wildman–Crippen MR) is 111 cm³/mol. The van der Waals surface area contributed by atoms with Crippen LogP contribution in [0.2, 0.25) is 0 Å². The van der Waals surface area contributed by atoms with E-state index in [2.05, 4.69) is 6.92 Å². The van der Waals surface area contributed by atoms with E-state index < -0.39 is 12.1 Å². The fraction of sp³-hybridized carbons (Fsp3) is 0.952. The molecule has 0 spiro atoms. The molecule has 25 heavy (non-hydrogen) atoms. The van der Waals surface area contributed by atoms with Crippen molar-refractivity contribution < 1.29 is 14.6 Å². The maximum absolute atomic E-state index is 11.0. The summed E-state index contributed by atoms with van der Waals surface area (Å²) in [5.74, 6) is -0.504. The van der Waals surface area contributed by atoms with Gasteiger partial charge in [-0.1, -0.05) is 103 Å². The second-order valence-electron chi connectivity index (χ2n) is 7.15. The summed E-state index contributed by atoms with van der Waals surface area (Å²) >= 11 is 0. The topological polar surface area (TPSA) is 46.5 Å². The van der Waals surface area contributed by atoms with E-state index in [0.717, 1.165) is 12.8 Å². The van der Waals surface area contributed by atoms with E-state index in [1.54, 1.807) is 0 Å². The van der Waals surface area contributed by atoms with Gasteiger partial charge >= 0.3 is 43.7 Å². The van der Waals surface area contributed by atoms with Gasteiger partial charge in [-0.05, 0) is 13.3 Å². The Morgan fingerprint density at radius 2 is 1.04 bits per heavy atom. The third-order valence-corrected chi connectivity index (χ3v) is 4.58. The summed E-state index contributed by atoms with van der Waals surface area (Å²) in [5.41, 5.74) is 0. The van der Waals surface area contributed by atoms with Crippen LogP contribution in [0, 0.1) is 0 Å². The van der Waals surface area contributed by atoms with E-state index in [4.69, 9.17) is 9.84 Å². The van der Waals surface area contributed by atoms with Gasteiger partial charge < -0.3 is 9.84 Å². The van der Waals surface area contributed by atoms with Crippen LogP contribution in [-0.4, -0.2) is 61.5 Å². The number of aliphatic hydroxyl groups is 1. The molecular formula is C21H44CaO3. The summed E-state index contributed by atoms with van der Waals surface area (Å²) in [6.45, 7) is 4.16. The molecule has 4 heteroatoms. The SMILES string of the molecule is CCCCCCCCCCCCCCCCCCOC(=O)C(C)O.[CaH2]. The molecule has 0 aliphatic rings. The first kappa shape index (κ1) is 27.9. The van der Waals surface area contributed by atoms with Crippen molar-refractivity contribution in [2.75, 3.05) is 6.61 Å². The van der Waals surface area contributed by atoms with Crippen LogP contribution in [0.5, 0.6) is 0 Å². The maximum atomic E-state index is 11.0. The Hall–Kier alpha value is 0.690. The van der Waals surface area contributed by atoms with E-state index in [1.165, 1.54) is 96.8 Å². The van der Waals surface area contributed by atoms with Gasteiger partial charge in [0, 0.05) is 0 Å². The van der Waals surface area contributed by atoms with Crippen molar-refractivity contribution in [3.05, 3.63) is 0 Å². The summed E-state index contributed by atoms with van der Waals surface area (Å²) in [4.78, 5) is 11.0. The molecule has 0 rings (SSSR count). The van der Waals surface area contributed by atoms with Crippen LogP contribution in [0.1, 0.15) is 117 Å². The number of ether oxygens (including phenoxy) is 1. The number of hydrogen-bond acceptors (Lipinski definition) is 3. The van der Waals surface area contributed by atoms with Gasteiger partial charge in [-0.3, -0.25) is 0 Å². The number of carbonyl (C=O) groups is 1. The summed E-state index contributed by atoms with van der Waals surface area (Å²) in [7, 11) is 0. The summed E-state index contributed by atoms with van der Waals surface area (Å²) in [6.07, 6.45) is 20.4. The Morgan fingerprint density at radius 1 is 0.720 bits per heavy atom. The van der Waals surface area contributed by atoms with Crippen molar-refractivity contribution in [3.8, 4) is 0 Å². The summed E-state index contributed by atoms with van der Waals surface area (Å²) < 4.78 is 4.93. The van der Waals surface area contributed by atoms with Crippen LogP contribution in [0.4, 0.5) is 0 Å². The van der Waals surface area contributed by atoms with E-state index in [0.29, 0.717) is 6.61 Å². The van der Waals surface area contributed by atoms with Crippen LogP contribution in [0.25, 0.3) is 0 Å². The van der Waals surface area contributed by atoms with Gasteiger partial charge in [0.15, 0.2) is 0 Å². The first-order valence-corrected chi connectivity index (χ1v) is 10.5. The molecule has 0 radical (unpaired) electrons. The molecule has 0 fully saturated rings. The zero-order chi connectivity index (χ0) is 17.9. The average Bonchev–Trinajstić information content (AvgIpc) is 2.57. The Kier molecular flexibility index (Phi) is 25.4. The molecule has 1 unspecified atom stereocenters. The Labute approximate surface area is 186 Å². The average molecular weight is 385 g/mol. The van der Waals surface area contributed by atoms with Crippen molar-refractivity contribution >= 4 is 43.7 Å². The molecule has 0 aromatic rings. The van der Waals surface area contributed by atoms with E-state index in [1.807, 2.05) is 0 Å². The number of rotatable bonds is 18. The molecule has 0 bridgehead atoms. The fourth-order valence-corrected chi connectivity index (χ4v) is 2.94. The van der Waals surface area contributed by atoms with Gasteiger partial charge in [-0.15, -0.1) is 0 Å². The summed E-state index contributed by atoms with van der Waals surface area (Å²) in [5, 5.41) is 8.98. The minimum atomic E-state index is -0.994. The normalized spacial score (nSPS) is 11.8. The predicted octanol–water partition coefficient (Wildman–Crippen LogP) is 5.26. The molecule has 0 aliphatic heterocycles. The van der Waals surface area contributed by atoms with Crippen LogP contribution in [0.15, 0.2) is 0 Å². The quantitative estimate of drug-likeness (QED) is 0.199. The molecule has 0 heterocycles. The first-order valence-electron chi connectivity index (χ1n) is 10.5. The second-order valence-corrected chi connectivity index (χ2v) is 7.15. The number of unbranched alkanes of at least 4 members (excludes halogenated alkanes) is 15. The number of esters is 1. The standard InChI is InChI=1S/C21H42O3.Ca.2H/c1-3-4-5-6-7-8-9-10-11-12-13-14-15-16-17-18-19-24-21(23)20(2)22;;;/h20,22H,3-19H2,1-2H3;;;. The number of carbonyl (C=O) groups excluding carboxylic acids is 1.